The fourth-order valence-electron chi connectivity index (χ4n) is 4.50. The van der Waals surface area contributed by atoms with Crippen LogP contribution in [0.25, 0.3) is 16.0 Å². The Morgan fingerprint density at radius 1 is 1.08 bits per heavy atom. The van der Waals surface area contributed by atoms with Crippen LogP contribution in [0.15, 0.2) is 66.2 Å². The molecule has 4 aromatic rings. The summed E-state index contributed by atoms with van der Waals surface area (Å²) in [6, 6.07) is 15.3. The van der Waals surface area contributed by atoms with Gasteiger partial charge in [0.05, 0.1) is 35.5 Å². The normalized spacial score (nSPS) is 16.7. The number of hydrogen-bond donors (Lipinski definition) is 1. The molecule has 0 bridgehead atoms. The van der Waals surface area contributed by atoms with E-state index in [1.807, 2.05) is 19.1 Å². The van der Waals surface area contributed by atoms with Crippen LogP contribution in [0, 0.1) is 12.7 Å². The number of carbonyl (C=O) groups excluding carboxylic acids is 2. The Kier molecular flexibility index (Phi) is 7.34. The fraction of sp³-hybridized carbons (Fsp3) is 0.233. The number of fused-ring (bicyclic) bond motifs is 1. The number of aliphatic hydroxyl groups is 1. The monoisotopic (exact) mass is 546 g/mol. The molecule has 5 rings (SSSR count). The number of rotatable bonds is 8. The van der Waals surface area contributed by atoms with Crippen molar-refractivity contribution in [3.63, 3.8) is 0 Å². The van der Waals surface area contributed by atoms with Crippen molar-refractivity contribution in [2.24, 2.45) is 0 Å². The first kappa shape index (κ1) is 26.4. The van der Waals surface area contributed by atoms with Crippen LogP contribution in [-0.2, 0) is 9.59 Å². The summed E-state index contributed by atoms with van der Waals surface area (Å²) >= 11 is 1.09. The number of nitrogens with zero attached hydrogens (tertiary/aromatic N) is 2. The first-order chi connectivity index (χ1) is 18.8. The second kappa shape index (κ2) is 10.9. The molecule has 0 aliphatic carbocycles. The number of unbranched alkanes of at least 4 members (excludes halogenated alkanes) is 1. The highest BCUT2D eigenvalue weighted by molar-refractivity contribution is 7.22. The number of ketones is 1. The molecule has 1 aliphatic heterocycles. The summed E-state index contributed by atoms with van der Waals surface area (Å²) in [6.07, 6.45) is 1.85. The van der Waals surface area contributed by atoms with Crippen molar-refractivity contribution in [3.05, 3.63) is 88.7 Å². The molecule has 7 nitrogen and oxygen atoms in total. The van der Waals surface area contributed by atoms with Gasteiger partial charge in [0.1, 0.15) is 11.6 Å². The largest absolute Gasteiger partial charge is 0.507 e. The molecule has 3 aromatic carbocycles. The van der Waals surface area contributed by atoms with Crippen molar-refractivity contribution < 1.29 is 28.6 Å². The minimum atomic E-state index is -1.00. The van der Waals surface area contributed by atoms with E-state index in [1.54, 1.807) is 30.3 Å². The van der Waals surface area contributed by atoms with Crippen molar-refractivity contribution in [2.75, 3.05) is 18.6 Å². The SMILES string of the molecule is CCCCOc1ccc(C2C(=C(O)c3ccc(C)cc3)C(=O)C(=O)N2c2nc3ccc(F)cc3s2)cc1OC. The molecular formula is C30H27FN2O5S. The van der Waals surface area contributed by atoms with E-state index in [-0.39, 0.29) is 16.5 Å². The number of thiazole rings is 1. The van der Waals surface area contributed by atoms with E-state index in [2.05, 4.69) is 11.9 Å². The summed E-state index contributed by atoms with van der Waals surface area (Å²) < 4.78 is 25.9. The zero-order valence-electron chi connectivity index (χ0n) is 21.7. The molecule has 9 heteroatoms. The molecule has 200 valence electrons. The van der Waals surface area contributed by atoms with Gasteiger partial charge in [-0.25, -0.2) is 9.37 Å². The summed E-state index contributed by atoms with van der Waals surface area (Å²) in [6.45, 7) is 4.49. The first-order valence-electron chi connectivity index (χ1n) is 12.6. The molecule has 1 fully saturated rings. The van der Waals surface area contributed by atoms with Gasteiger partial charge in [0, 0.05) is 5.56 Å². The Bertz CT molecular complexity index is 1590. The third-order valence-electron chi connectivity index (χ3n) is 6.57. The number of aliphatic hydroxyl groups excluding tert-OH is 1. The van der Waals surface area contributed by atoms with Crippen molar-refractivity contribution >= 4 is 44.1 Å². The summed E-state index contributed by atoms with van der Waals surface area (Å²) in [7, 11) is 1.51. The van der Waals surface area contributed by atoms with Crippen LogP contribution >= 0.6 is 11.3 Å². The number of hydrogen-bond acceptors (Lipinski definition) is 7. The lowest BCUT2D eigenvalue weighted by atomic mass is 9.95. The van der Waals surface area contributed by atoms with Gasteiger partial charge in [-0.05, 0) is 49.2 Å². The lowest BCUT2D eigenvalue weighted by Crippen LogP contribution is -2.29. The number of halogens is 1. The van der Waals surface area contributed by atoms with Gasteiger partial charge in [0.25, 0.3) is 5.78 Å². The molecule has 1 aromatic heterocycles. The second-order valence-electron chi connectivity index (χ2n) is 9.26. The van der Waals surface area contributed by atoms with E-state index in [4.69, 9.17) is 9.47 Å². The zero-order chi connectivity index (χ0) is 27.7. The van der Waals surface area contributed by atoms with Crippen LogP contribution in [0.1, 0.15) is 42.5 Å². The summed E-state index contributed by atoms with van der Waals surface area (Å²) in [5, 5.41) is 11.6. The molecule has 1 unspecified atom stereocenters. The molecule has 0 radical (unpaired) electrons. The van der Waals surface area contributed by atoms with Crippen LogP contribution in [0.3, 0.4) is 0 Å². The number of amides is 1. The average molecular weight is 547 g/mol. The Balaban J connectivity index is 1.68. The molecule has 39 heavy (non-hydrogen) atoms. The van der Waals surface area contributed by atoms with Gasteiger partial charge >= 0.3 is 5.91 Å². The van der Waals surface area contributed by atoms with Gasteiger partial charge in [-0.2, -0.15) is 0 Å². The molecular weight excluding hydrogens is 519 g/mol. The summed E-state index contributed by atoms with van der Waals surface area (Å²) in [4.78, 5) is 32.8. The third-order valence-corrected chi connectivity index (χ3v) is 7.59. The van der Waals surface area contributed by atoms with E-state index in [1.165, 1.54) is 30.2 Å². The minimum Gasteiger partial charge on any atom is -0.507 e. The summed E-state index contributed by atoms with van der Waals surface area (Å²) in [5.74, 6) is -1.45. The number of methoxy groups -OCH3 is 1. The van der Waals surface area contributed by atoms with Crippen molar-refractivity contribution in [1.82, 2.24) is 4.98 Å². The van der Waals surface area contributed by atoms with Crippen molar-refractivity contribution in [3.8, 4) is 11.5 Å². The van der Waals surface area contributed by atoms with E-state index < -0.39 is 23.5 Å². The van der Waals surface area contributed by atoms with Crippen LogP contribution in [0.5, 0.6) is 11.5 Å². The molecule has 1 N–H and O–H groups in total. The highest BCUT2D eigenvalue weighted by Gasteiger charge is 2.48. The Hall–Kier alpha value is -4.24. The predicted octanol–water partition coefficient (Wildman–Crippen LogP) is 6.56. The topological polar surface area (TPSA) is 89.0 Å². The molecule has 1 atom stereocenters. The van der Waals surface area contributed by atoms with Gasteiger partial charge in [-0.15, -0.1) is 0 Å². The number of anilines is 1. The third kappa shape index (κ3) is 4.97. The number of aromatic nitrogens is 1. The van der Waals surface area contributed by atoms with Gasteiger partial charge in [0.2, 0.25) is 0 Å². The van der Waals surface area contributed by atoms with Crippen LogP contribution in [0.4, 0.5) is 9.52 Å². The van der Waals surface area contributed by atoms with Gasteiger partial charge < -0.3 is 14.6 Å². The lowest BCUT2D eigenvalue weighted by molar-refractivity contribution is -0.132. The molecule has 2 heterocycles. The maximum absolute atomic E-state index is 13.9. The van der Waals surface area contributed by atoms with Gasteiger partial charge in [0.15, 0.2) is 16.6 Å². The summed E-state index contributed by atoms with van der Waals surface area (Å²) in [5.41, 5.74) is 2.33. The number of benzene rings is 3. The van der Waals surface area contributed by atoms with E-state index in [0.717, 1.165) is 29.7 Å². The maximum atomic E-state index is 13.9. The highest BCUT2D eigenvalue weighted by atomic mass is 32.1. The molecule has 1 saturated heterocycles. The van der Waals surface area contributed by atoms with Gasteiger partial charge in [-0.1, -0.05) is 60.6 Å². The van der Waals surface area contributed by atoms with E-state index in [9.17, 15) is 19.1 Å². The molecule has 1 aliphatic rings. The zero-order valence-corrected chi connectivity index (χ0v) is 22.5. The molecule has 0 spiro atoms. The Morgan fingerprint density at radius 3 is 2.56 bits per heavy atom. The standard InChI is InChI=1S/C30H27FN2O5S/c1-4-5-14-38-22-13-10-19(15-23(22)37-3)26-25(27(34)18-8-6-17(2)7-9-18)28(35)29(36)33(26)30-32-21-12-11-20(31)16-24(21)39-30/h6-13,15-16,26,34H,4-5,14H2,1-3H3. The number of carbonyl (C=O) groups is 2. The average Bonchev–Trinajstić information content (AvgIpc) is 3.46. The number of ether oxygens (including phenoxy) is 2. The van der Waals surface area contributed by atoms with Crippen LogP contribution in [0.2, 0.25) is 0 Å². The predicted molar refractivity (Wildman–Crippen MR) is 149 cm³/mol. The molecule has 1 amide bonds. The van der Waals surface area contributed by atoms with Crippen molar-refractivity contribution in [1.29, 1.82) is 0 Å². The van der Waals surface area contributed by atoms with Crippen LogP contribution < -0.4 is 14.4 Å². The highest BCUT2D eigenvalue weighted by Crippen LogP contribution is 2.46. The van der Waals surface area contributed by atoms with E-state index >= 15 is 0 Å². The second-order valence-corrected chi connectivity index (χ2v) is 10.3. The molecule has 0 saturated carbocycles. The Labute approximate surface area is 229 Å². The van der Waals surface area contributed by atoms with E-state index in [0.29, 0.717) is 39.4 Å². The van der Waals surface area contributed by atoms with Gasteiger partial charge in [-0.3, -0.25) is 14.5 Å². The number of aryl methyl sites for hydroxylation is 1. The smallest absolute Gasteiger partial charge is 0.301 e. The quantitative estimate of drug-likeness (QED) is 0.117. The minimum absolute atomic E-state index is 0.0732. The lowest BCUT2D eigenvalue weighted by Gasteiger charge is -2.24. The number of Topliss-reactive ketones (excluding diaryl/α,β-unsaturated/α-hetero) is 1. The van der Waals surface area contributed by atoms with Crippen molar-refractivity contribution in [2.45, 2.75) is 32.7 Å². The maximum Gasteiger partial charge on any atom is 0.301 e. The Morgan fingerprint density at radius 2 is 1.85 bits per heavy atom. The van der Waals surface area contributed by atoms with Crippen LogP contribution in [-0.4, -0.2) is 35.5 Å². The fourth-order valence-corrected chi connectivity index (χ4v) is 5.52. The first-order valence-corrected chi connectivity index (χ1v) is 13.4.